The number of rotatable bonds is 6. The van der Waals surface area contributed by atoms with Crippen LogP contribution in [-0.2, 0) is 16.0 Å². The molecule has 0 amide bonds. The van der Waals surface area contributed by atoms with Crippen LogP contribution < -0.4 is 0 Å². The first-order chi connectivity index (χ1) is 12.9. The molecule has 2 heterocycles. The number of esters is 1. The Kier molecular flexibility index (Phi) is 5.76. The number of pyridine rings is 1. The van der Waals surface area contributed by atoms with Crippen LogP contribution in [0, 0.1) is 13.8 Å². The summed E-state index contributed by atoms with van der Waals surface area (Å²) in [4.78, 5) is 33.3. The van der Waals surface area contributed by atoms with Crippen molar-refractivity contribution in [3.8, 4) is 10.6 Å². The van der Waals surface area contributed by atoms with E-state index in [4.69, 9.17) is 4.74 Å². The number of thiazole rings is 1. The monoisotopic (exact) mass is 380 g/mol. The summed E-state index contributed by atoms with van der Waals surface area (Å²) in [7, 11) is 0. The molecular weight excluding hydrogens is 360 g/mol. The molecule has 0 aliphatic carbocycles. The molecule has 6 heteroatoms. The van der Waals surface area contributed by atoms with Gasteiger partial charge in [0.05, 0.1) is 12.1 Å². The molecule has 27 heavy (non-hydrogen) atoms. The molecule has 0 aliphatic rings. The molecule has 0 bridgehead atoms. The molecule has 0 aliphatic heterocycles. The van der Waals surface area contributed by atoms with Gasteiger partial charge in [0, 0.05) is 28.9 Å². The van der Waals surface area contributed by atoms with Gasteiger partial charge in [0.1, 0.15) is 5.01 Å². The van der Waals surface area contributed by atoms with Crippen molar-refractivity contribution in [1.82, 2.24) is 9.97 Å². The van der Waals surface area contributed by atoms with Crippen LogP contribution in [0.5, 0.6) is 0 Å². The van der Waals surface area contributed by atoms with Gasteiger partial charge in [0.25, 0.3) is 0 Å². The van der Waals surface area contributed by atoms with Crippen LogP contribution in [0.3, 0.4) is 0 Å². The van der Waals surface area contributed by atoms with Gasteiger partial charge in [-0.2, -0.15) is 0 Å². The van der Waals surface area contributed by atoms with Gasteiger partial charge in [0.2, 0.25) is 5.78 Å². The highest BCUT2D eigenvalue weighted by Crippen LogP contribution is 2.23. The van der Waals surface area contributed by atoms with E-state index in [-0.39, 0.29) is 12.2 Å². The topological polar surface area (TPSA) is 69.2 Å². The predicted molar refractivity (Wildman–Crippen MR) is 105 cm³/mol. The van der Waals surface area contributed by atoms with Crippen molar-refractivity contribution in [2.45, 2.75) is 33.3 Å². The maximum absolute atomic E-state index is 12.6. The molecule has 0 spiro atoms. The second kappa shape index (κ2) is 8.22. The summed E-state index contributed by atoms with van der Waals surface area (Å²) in [6.07, 6.45) is 2.62. The lowest BCUT2D eigenvalue weighted by Crippen LogP contribution is -2.26. The normalized spacial score (nSPS) is 11.8. The highest BCUT2D eigenvalue weighted by atomic mass is 32.1. The summed E-state index contributed by atoms with van der Waals surface area (Å²) in [6, 6.07) is 9.42. The van der Waals surface area contributed by atoms with Crippen LogP contribution in [0.2, 0.25) is 0 Å². The highest BCUT2D eigenvalue weighted by molar-refractivity contribution is 7.13. The summed E-state index contributed by atoms with van der Waals surface area (Å²) < 4.78 is 5.34. The van der Waals surface area contributed by atoms with E-state index in [0.29, 0.717) is 11.3 Å². The van der Waals surface area contributed by atoms with E-state index >= 15 is 0 Å². The number of carbonyl (C=O) groups is 2. The van der Waals surface area contributed by atoms with Crippen LogP contribution in [0.4, 0.5) is 0 Å². The second-order valence-electron chi connectivity index (χ2n) is 6.38. The van der Waals surface area contributed by atoms with E-state index in [1.54, 1.807) is 19.3 Å². The Morgan fingerprint density at radius 1 is 1.22 bits per heavy atom. The van der Waals surface area contributed by atoms with Crippen molar-refractivity contribution in [2.75, 3.05) is 0 Å². The Balaban J connectivity index is 1.63. The van der Waals surface area contributed by atoms with E-state index in [9.17, 15) is 9.59 Å². The Hall–Kier alpha value is -2.86. The van der Waals surface area contributed by atoms with Crippen molar-refractivity contribution in [1.29, 1.82) is 0 Å². The molecule has 5 nitrogen and oxygen atoms in total. The third kappa shape index (κ3) is 4.65. The number of hydrogen-bond acceptors (Lipinski definition) is 6. The zero-order valence-corrected chi connectivity index (χ0v) is 16.2. The summed E-state index contributed by atoms with van der Waals surface area (Å²) in [5.74, 6) is -0.664. The third-order valence-corrected chi connectivity index (χ3v) is 5.06. The summed E-state index contributed by atoms with van der Waals surface area (Å²) in [5.41, 5.74) is 3.97. The molecular formula is C21H20N2O3S. The molecule has 0 fully saturated rings. The molecule has 0 unspecified atom stereocenters. The molecule has 1 atom stereocenters. The number of Topliss-reactive ketones (excluding diaryl/α,β-unsaturated/α-hetero) is 1. The smallest absolute Gasteiger partial charge is 0.312 e. The minimum Gasteiger partial charge on any atom is -0.454 e. The van der Waals surface area contributed by atoms with Crippen molar-refractivity contribution in [2.24, 2.45) is 0 Å². The van der Waals surface area contributed by atoms with E-state index in [0.717, 1.165) is 21.7 Å². The maximum Gasteiger partial charge on any atom is 0.312 e. The molecule has 3 rings (SSSR count). The van der Waals surface area contributed by atoms with E-state index in [1.807, 2.05) is 49.6 Å². The van der Waals surface area contributed by atoms with Crippen LogP contribution in [-0.4, -0.2) is 27.8 Å². The maximum atomic E-state index is 12.6. The van der Waals surface area contributed by atoms with Gasteiger partial charge in [-0.3, -0.25) is 14.6 Å². The van der Waals surface area contributed by atoms with E-state index < -0.39 is 12.1 Å². The average Bonchev–Trinajstić information content (AvgIpc) is 3.12. The Morgan fingerprint density at radius 2 is 2.04 bits per heavy atom. The lowest BCUT2D eigenvalue weighted by Gasteiger charge is -2.14. The molecule has 0 radical (unpaired) electrons. The van der Waals surface area contributed by atoms with Gasteiger partial charge in [-0.25, -0.2) is 4.98 Å². The molecule has 0 saturated carbocycles. The lowest BCUT2D eigenvalue weighted by atomic mass is 9.99. The van der Waals surface area contributed by atoms with Crippen LogP contribution >= 0.6 is 11.3 Å². The van der Waals surface area contributed by atoms with Crippen molar-refractivity contribution >= 4 is 23.1 Å². The quantitative estimate of drug-likeness (QED) is 0.474. The molecule has 0 saturated heterocycles. The van der Waals surface area contributed by atoms with Gasteiger partial charge in [-0.05, 0) is 44.5 Å². The van der Waals surface area contributed by atoms with Crippen molar-refractivity contribution < 1.29 is 14.3 Å². The van der Waals surface area contributed by atoms with Gasteiger partial charge in [-0.15, -0.1) is 11.3 Å². The fraction of sp³-hybridized carbons (Fsp3) is 0.238. The number of hydrogen-bond donors (Lipinski definition) is 0. The number of ketones is 1. The minimum absolute atomic E-state index is 0.0290. The molecule has 0 N–H and O–H groups in total. The summed E-state index contributed by atoms with van der Waals surface area (Å²) in [5, 5.41) is 2.62. The van der Waals surface area contributed by atoms with Gasteiger partial charge in [-0.1, -0.05) is 17.7 Å². The first-order valence-electron chi connectivity index (χ1n) is 8.60. The lowest BCUT2D eigenvalue weighted by molar-refractivity contribution is -0.145. The number of carbonyl (C=O) groups excluding carboxylic acids is 2. The number of benzene rings is 1. The third-order valence-electron chi connectivity index (χ3n) is 4.12. The van der Waals surface area contributed by atoms with Gasteiger partial charge < -0.3 is 4.74 Å². The Morgan fingerprint density at radius 3 is 2.78 bits per heavy atom. The van der Waals surface area contributed by atoms with Crippen molar-refractivity contribution in [3.05, 3.63) is 70.5 Å². The van der Waals surface area contributed by atoms with Gasteiger partial charge in [0.15, 0.2) is 6.10 Å². The molecule has 3 aromatic rings. The first-order valence-corrected chi connectivity index (χ1v) is 9.48. The SMILES string of the molecule is Cc1ccc(C)c(C(=O)[C@@H](C)OC(=O)Cc2csc(-c3cccnc3)n2)c1. The fourth-order valence-corrected chi connectivity index (χ4v) is 3.48. The fourth-order valence-electron chi connectivity index (χ4n) is 2.67. The zero-order chi connectivity index (χ0) is 19.4. The number of ether oxygens (including phenoxy) is 1. The van der Waals surface area contributed by atoms with Crippen molar-refractivity contribution in [3.63, 3.8) is 0 Å². The molecule has 1 aromatic carbocycles. The number of nitrogens with zero attached hydrogens (tertiary/aromatic N) is 2. The van der Waals surface area contributed by atoms with E-state index in [1.165, 1.54) is 11.3 Å². The standard InChI is InChI=1S/C21H20N2O3S/c1-13-6-7-14(2)18(9-13)20(25)15(3)26-19(24)10-17-12-27-21(23-17)16-5-4-8-22-11-16/h4-9,11-12,15H,10H2,1-3H3/t15-/m1/s1. The second-order valence-corrected chi connectivity index (χ2v) is 7.24. The minimum atomic E-state index is -0.838. The van der Waals surface area contributed by atoms with Crippen LogP contribution in [0.1, 0.15) is 34.1 Å². The molecule has 2 aromatic heterocycles. The average molecular weight is 380 g/mol. The van der Waals surface area contributed by atoms with E-state index in [2.05, 4.69) is 9.97 Å². The largest absolute Gasteiger partial charge is 0.454 e. The Bertz CT molecular complexity index is 967. The first kappa shape index (κ1) is 18.9. The number of aromatic nitrogens is 2. The summed E-state index contributed by atoms with van der Waals surface area (Å²) in [6.45, 7) is 5.40. The summed E-state index contributed by atoms with van der Waals surface area (Å²) >= 11 is 1.44. The van der Waals surface area contributed by atoms with Crippen LogP contribution in [0.25, 0.3) is 10.6 Å². The van der Waals surface area contributed by atoms with Gasteiger partial charge >= 0.3 is 5.97 Å². The Labute approximate surface area is 162 Å². The number of aryl methyl sites for hydroxylation is 2. The highest BCUT2D eigenvalue weighted by Gasteiger charge is 2.22. The zero-order valence-electron chi connectivity index (χ0n) is 15.4. The molecule has 138 valence electrons. The van der Waals surface area contributed by atoms with Crippen LogP contribution in [0.15, 0.2) is 48.1 Å². The predicted octanol–water partition coefficient (Wildman–Crippen LogP) is 4.18.